The smallest absolute Gasteiger partial charge is 0.310 e. The molecule has 98 valence electrons. The molecule has 1 aromatic carbocycles. The standard InChI is InChI=1S/C12H14BrNO4/c1-3-18-12(15)6-10-9(7-13)4-8(2)5-11(10)14(16)17/h4-5H,3,6-7H2,1-2H3. The summed E-state index contributed by atoms with van der Waals surface area (Å²) in [5.74, 6) is -0.452. The number of nitro groups is 1. The van der Waals surface area contributed by atoms with Crippen LogP contribution in [0.1, 0.15) is 23.6 Å². The summed E-state index contributed by atoms with van der Waals surface area (Å²) in [5, 5.41) is 11.5. The van der Waals surface area contributed by atoms with Gasteiger partial charge in [-0.1, -0.05) is 22.0 Å². The van der Waals surface area contributed by atoms with Gasteiger partial charge in [-0.2, -0.15) is 0 Å². The maximum Gasteiger partial charge on any atom is 0.310 e. The molecule has 0 amide bonds. The van der Waals surface area contributed by atoms with Crippen molar-refractivity contribution in [2.45, 2.75) is 25.6 Å². The molecular weight excluding hydrogens is 302 g/mol. The molecule has 0 aromatic heterocycles. The van der Waals surface area contributed by atoms with E-state index < -0.39 is 10.9 Å². The lowest BCUT2D eigenvalue weighted by atomic mass is 10.0. The van der Waals surface area contributed by atoms with Crippen molar-refractivity contribution in [2.75, 3.05) is 6.61 Å². The number of rotatable bonds is 5. The Morgan fingerprint density at radius 2 is 2.17 bits per heavy atom. The summed E-state index contributed by atoms with van der Waals surface area (Å²) in [7, 11) is 0. The highest BCUT2D eigenvalue weighted by Gasteiger charge is 2.21. The number of halogens is 1. The first-order valence-corrected chi connectivity index (χ1v) is 6.60. The molecule has 0 atom stereocenters. The van der Waals surface area contributed by atoms with E-state index in [4.69, 9.17) is 4.74 Å². The molecule has 0 aliphatic heterocycles. The number of carbonyl (C=O) groups is 1. The highest BCUT2D eigenvalue weighted by molar-refractivity contribution is 9.08. The fraction of sp³-hybridized carbons (Fsp3) is 0.417. The van der Waals surface area contributed by atoms with Gasteiger partial charge in [-0.15, -0.1) is 0 Å². The van der Waals surface area contributed by atoms with Gasteiger partial charge >= 0.3 is 5.97 Å². The van der Waals surface area contributed by atoms with Gasteiger partial charge in [0, 0.05) is 17.0 Å². The van der Waals surface area contributed by atoms with Gasteiger partial charge in [0.15, 0.2) is 0 Å². The molecule has 6 heteroatoms. The molecular formula is C12H14BrNO4. The summed E-state index contributed by atoms with van der Waals surface area (Å²) in [4.78, 5) is 22.0. The van der Waals surface area contributed by atoms with Gasteiger partial charge in [0.05, 0.1) is 18.0 Å². The number of hydrogen-bond donors (Lipinski definition) is 0. The van der Waals surface area contributed by atoms with E-state index in [-0.39, 0.29) is 18.7 Å². The summed E-state index contributed by atoms with van der Waals surface area (Å²) < 4.78 is 4.83. The van der Waals surface area contributed by atoms with Crippen LogP contribution in [0.15, 0.2) is 12.1 Å². The molecule has 0 unspecified atom stereocenters. The van der Waals surface area contributed by atoms with Crippen LogP contribution in [-0.2, 0) is 21.3 Å². The van der Waals surface area contributed by atoms with Crippen molar-refractivity contribution in [2.24, 2.45) is 0 Å². The Morgan fingerprint density at radius 3 is 2.67 bits per heavy atom. The monoisotopic (exact) mass is 315 g/mol. The summed E-state index contributed by atoms with van der Waals surface area (Å²) in [6, 6.07) is 3.30. The fourth-order valence-electron chi connectivity index (χ4n) is 1.71. The number of esters is 1. The minimum atomic E-state index is -0.465. The SMILES string of the molecule is CCOC(=O)Cc1c(CBr)cc(C)cc1[N+](=O)[O-]. The van der Waals surface area contributed by atoms with Crippen LogP contribution in [0.5, 0.6) is 0 Å². The lowest BCUT2D eigenvalue weighted by Gasteiger charge is -2.09. The van der Waals surface area contributed by atoms with E-state index in [9.17, 15) is 14.9 Å². The van der Waals surface area contributed by atoms with Crippen molar-refractivity contribution in [3.05, 3.63) is 38.9 Å². The number of aryl methyl sites for hydroxylation is 1. The third-order valence-electron chi connectivity index (χ3n) is 2.43. The maximum atomic E-state index is 11.5. The Kier molecular flexibility index (Phi) is 5.27. The second kappa shape index (κ2) is 6.49. The van der Waals surface area contributed by atoms with Gasteiger partial charge in [-0.05, 0) is 25.0 Å². The van der Waals surface area contributed by atoms with Crippen molar-refractivity contribution in [3.63, 3.8) is 0 Å². The number of hydrogen-bond acceptors (Lipinski definition) is 4. The molecule has 0 heterocycles. The molecule has 0 saturated carbocycles. The lowest BCUT2D eigenvalue weighted by molar-refractivity contribution is -0.385. The summed E-state index contributed by atoms with van der Waals surface area (Å²) in [5.41, 5.74) is 1.93. The van der Waals surface area contributed by atoms with Gasteiger partial charge in [-0.3, -0.25) is 14.9 Å². The Bertz CT molecular complexity index is 473. The Morgan fingerprint density at radius 1 is 1.50 bits per heavy atom. The Hall–Kier alpha value is -1.43. The molecule has 0 fully saturated rings. The fourth-order valence-corrected chi connectivity index (χ4v) is 2.21. The van der Waals surface area contributed by atoms with Gasteiger partial charge in [0.2, 0.25) is 0 Å². The highest BCUT2D eigenvalue weighted by Crippen LogP contribution is 2.27. The zero-order chi connectivity index (χ0) is 13.7. The van der Waals surface area contributed by atoms with Crippen LogP contribution in [-0.4, -0.2) is 17.5 Å². The average Bonchev–Trinajstić information content (AvgIpc) is 2.30. The second-order valence-electron chi connectivity index (χ2n) is 3.79. The zero-order valence-electron chi connectivity index (χ0n) is 10.2. The number of nitro benzene ring substituents is 1. The topological polar surface area (TPSA) is 69.4 Å². The van der Waals surface area contributed by atoms with E-state index >= 15 is 0 Å². The normalized spacial score (nSPS) is 10.2. The number of nitrogens with zero attached hydrogens (tertiary/aromatic N) is 1. The lowest BCUT2D eigenvalue weighted by Crippen LogP contribution is -2.11. The Labute approximate surface area is 113 Å². The third kappa shape index (κ3) is 3.53. The summed E-state index contributed by atoms with van der Waals surface area (Å²) in [6.45, 7) is 3.75. The van der Waals surface area contributed by atoms with E-state index in [1.54, 1.807) is 13.8 Å². The van der Waals surface area contributed by atoms with Crippen LogP contribution in [0.25, 0.3) is 0 Å². The largest absolute Gasteiger partial charge is 0.466 e. The van der Waals surface area contributed by atoms with Gasteiger partial charge in [0.1, 0.15) is 0 Å². The van der Waals surface area contributed by atoms with Crippen LogP contribution >= 0.6 is 15.9 Å². The summed E-state index contributed by atoms with van der Waals surface area (Å²) in [6.07, 6.45) is -0.0780. The van der Waals surface area contributed by atoms with Gasteiger partial charge in [-0.25, -0.2) is 0 Å². The number of carbonyl (C=O) groups excluding carboxylic acids is 1. The number of ether oxygens (including phenoxy) is 1. The minimum Gasteiger partial charge on any atom is -0.466 e. The molecule has 0 spiro atoms. The molecule has 0 saturated heterocycles. The van der Waals surface area contributed by atoms with E-state index in [2.05, 4.69) is 15.9 Å². The van der Waals surface area contributed by atoms with E-state index in [1.807, 2.05) is 6.07 Å². The Balaban J connectivity index is 3.21. The predicted molar refractivity (Wildman–Crippen MR) is 70.8 cm³/mol. The zero-order valence-corrected chi connectivity index (χ0v) is 11.8. The third-order valence-corrected chi connectivity index (χ3v) is 3.03. The first kappa shape index (κ1) is 14.6. The maximum absolute atomic E-state index is 11.5. The second-order valence-corrected chi connectivity index (χ2v) is 4.35. The molecule has 0 aliphatic carbocycles. The first-order valence-electron chi connectivity index (χ1n) is 5.48. The van der Waals surface area contributed by atoms with Gasteiger partial charge < -0.3 is 4.74 Å². The van der Waals surface area contributed by atoms with Crippen LogP contribution in [0.3, 0.4) is 0 Å². The van der Waals surface area contributed by atoms with E-state index in [1.165, 1.54) is 6.07 Å². The average molecular weight is 316 g/mol. The number of alkyl halides is 1. The van der Waals surface area contributed by atoms with Crippen molar-refractivity contribution in [1.29, 1.82) is 0 Å². The summed E-state index contributed by atoms with van der Waals surface area (Å²) >= 11 is 3.28. The van der Waals surface area contributed by atoms with Crippen molar-refractivity contribution < 1.29 is 14.5 Å². The van der Waals surface area contributed by atoms with Crippen molar-refractivity contribution in [1.82, 2.24) is 0 Å². The van der Waals surface area contributed by atoms with Crippen molar-refractivity contribution >= 4 is 27.6 Å². The van der Waals surface area contributed by atoms with Crippen LogP contribution in [0, 0.1) is 17.0 Å². The molecule has 0 aliphatic rings. The van der Waals surface area contributed by atoms with Crippen molar-refractivity contribution in [3.8, 4) is 0 Å². The predicted octanol–water partition coefficient (Wildman–Crippen LogP) is 2.90. The van der Waals surface area contributed by atoms with Crippen LogP contribution < -0.4 is 0 Å². The van der Waals surface area contributed by atoms with Crippen LogP contribution in [0.4, 0.5) is 5.69 Å². The van der Waals surface area contributed by atoms with E-state index in [0.717, 1.165) is 11.1 Å². The molecule has 1 rings (SSSR count). The molecule has 0 radical (unpaired) electrons. The molecule has 1 aromatic rings. The molecule has 5 nitrogen and oxygen atoms in total. The van der Waals surface area contributed by atoms with Crippen LogP contribution in [0.2, 0.25) is 0 Å². The molecule has 0 bridgehead atoms. The first-order chi connectivity index (χ1) is 8.49. The van der Waals surface area contributed by atoms with E-state index in [0.29, 0.717) is 10.9 Å². The highest BCUT2D eigenvalue weighted by atomic mass is 79.9. The quantitative estimate of drug-likeness (QED) is 0.362. The molecule has 0 N–H and O–H groups in total. The van der Waals surface area contributed by atoms with Gasteiger partial charge in [0.25, 0.3) is 5.69 Å². The molecule has 18 heavy (non-hydrogen) atoms. The number of benzene rings is 1. The minimum absolute atomic E-state index is 0.0301.